The summed E-state index contributed by atoms with van der Waals surface area (Å²) in [7, 11) is 0. The Morgan fingerprint density at radius 1 is 0.593 bits per heavy atom. The standard InChI is InChI=1S/C6H8O7.3CH2O3.2Dy/c7-3(8)1-6(13,5(11)12)2-4(9)10;3*2-1(3)4;;/h13H,1-2H2,(H,7,8)(H,9,10)(H,11,12);3*(H2,2,3,4);;/q;;;;2*+3/p-6. The molecule has 0 spiro atoms. The number of rotatable bonds is 5. The third-order valence-electron chi connectivity index (χ3n) is 1.29. The van der Waals surface area contributed by atoms with Crippen LogP contribution in [0.4, 0.5) is 14.4 Å². The number of carbonyl (C=O) groups excluding carboxylic acids is 3. The summed E-state index contributed by atoms with van der Waals surface area (Å²) in [6, 6.07) is 0. The molecular weight excluding hydrogens is 689 g/mol. The van der Waals surface area contributed by atoms with Crippen molar-refractivity contribution >= 4 is 36.4 Å². The van der Waals surface area contributed by atoms with Gasteiger partial charge in [0.2, 0.25) is 0 Å². The van der Waals surface area contributed by atoms with Gasteiger partial charge in [-0.3, -0.25) is 9.59 Å². The zero-order valence-corrected chi connectivity index (χ0v) is 16.3. The third-order valence-corrected chi connectivity index (χ3v) is 1.29. The van der Waals surface area contributed by atoms with E-state index in [4.69, 9.17) is 65.4 Å². The van der Waals surface area contributed by atoms with Gasteiger partial charge >= 0.3 is 94.3 Å². The Bertz CT molecular complexity index is 432. The summed E-state index contributed by atoms with van der Waals surface area (Å²) in [5, 5.41) is 83.8. The molecule has 18 heteroatoms. The molecule has 0 aromatic heterocycles. The molecule has 0 aromatic carbocycles. The van der Waals surface area contributed by atoms with Crippen molar-refractivity contribution in [3.63, 3.8) is 0 Å². The van der Waals surface area contributed by atoms with E-state index in [0.29, 0.717) is 0 Å². The number of aliphatic carboxylic acids is 3. The first-order valence-electron chi connectivity index (χ1n) is 5.01. The summed E-state index contributed by atoms with van der Waals surface area (Å²) in [6.07, 6.45) is -9.29. The van der Waals surface area contributed by atoms with Gasteiger partial charge in [-0.2, -0.15) is 0 Å². The second kappa shape index (κ2) is 22.8. The molecule has 27 heavy (non-hydrogen) atoms. The summed E-state index contributed by atoms with van der Waals surface area (Å²) >= 11 is 0. The van der Waals surface area contributed by atoms with E-state index in [1.54, 1.807) is 0 Å². The fraction of sp³-hybridized carbons (Fsp3) is 0.333. The van der Waals surface area contributed by atoms with E-state index in [9.17, 15) is 14.4 Å². The van der Waals surface area contributed by atoms with Crippen LogP contribution < -0.4 is 30.6 Å². The minimum Gasteiger partial charge on any atom is -0.652 e. The third kappa shape index (κ3) is 58.9. The van der Waals surface area contributed by atoms with E-state index in [-0.39, 0.29) is 76.3 Å². The van der Waals surface area contributed by atoms with Crippen molar-refractivity contribution in [1.82, 2.24) is 0 Å². The molecule has 0 heterocycles. The minimum atomic E-state index is -2.74. The van der Waals surface area contributed by atoms with E-state index in [0.717, 1.165) is 0 Å². The maximum absolute atomic E-state index is 10.3. The Morgan fingerprint density at radius 3 is 0.815 bits per heavy atom. The fourth-order valence-corrected chi connectivity index (χ4v) is 0.714. The maximum atomic E-state index is 10.3. The number of carboxylic acids is 3. The van der Waals surface area contributed by atoms with E-state index in [1.165, 1.54) is 0 Å². The molecule has 0 rings (SSSR count). The van der Waals surface area contributed by atoms with Crippen molar-refractivity contribution in [2.45, 2.75) is 18.4 Å². The molecule has 0 unspecified atom stereocenters. The van der Waals surface area contributed by atoms with Gasteiger partial charge in [0.05, 0.1) is 12.8 Å². The van der Waals surface area contributed by atoms with Crippen LogP contribution in [0.3, 0.4) is 0 Å². The first-order chi connectivity index (χ1) is 11.0. The summed E-state index contributed by atoms with van der Waals surface area (Å²) in [6.45, 7) is 0. The normalized spacial score (nSPS) is 7.89. The first-order valence-corrected chi connectivity index (χ1v) is 5.01. The van der Waals surface area contributed by atoms with Crippen LogP contribution in [0.2, 0.25) is 0 Å². The SMILES string of the molecule is O=C(O)CC(O)(CC(=O)O)C(=O)O.O=C([O-])[O-].O=C([O-])[O-].O=C([O-])[O-].[Dy+3].[Dy+3]. The summed E-state index contributed by atoms with van der Waals surface area (Å²) < 4.78 is 0. The first kappa shape index (κ1) is 40.4. The van der Waals surface area contributed by atoms with Crippen molar-refractivity contribution in [1.29, 1.82) is 0 Å². The van der Waals surface area contributed by atoms with Gasteiger partial charge in [0.25, 0.3) is 0 Å². The van der Waals surface area contributed by atoms with Crippen LogP contribution in [0.15, 0.2) is 0 Å². The minimum absolute atomic E-state index is 0. The number of hydrogen-bond donors (Lipinski definition) is 4. The largest absolute Gasteiger partial charge is 3.00 e. The number of aliphatic hydroxyl groups is 1. The van der Waals surface area contributed by atoms with Crippen LogP contribution >= 0.6 is 0 Å². The van der Waals surface area contributed by atoms with Gasteiger partial charge < -0.3 is 65.4 Å². The van der Waals surface area contributed by atoms with Gasteiger partial charge in [0.1, 0.15) is 0 Å². The quantitative estimate of drug-likeness (QED) is 0.207. The summed E-state index contributed by atoms with van der Waals surface area (Å²) in [5.74, 6) is -5.02. The fourth-order valence-electron chi connectivity index (χ4n) is 0.714. The van der Waals surface area contributed by atoms with Crippen LogP contribution in [0.1, 0.15) is 12.8 Å². The average Bonchev–Trinajstić information content (AvgIpc) is 2.22. The molecule has 0 aromatic rings. The Labute approximate surface area is 209 Å². The monoisotopic (exact) mass is 700 g/mol. The average molecular weight is 697 g/mol. The van der Waals surface area contributed by atoms with Crippen LogP contribution in [-0.2, 0) is 14.4 Å². The summed E-state index contributed by atoms with van der Waals surface area (Å²) in [5.41, 5.74) is -2.74. The van der Waals surface area contributed by atoms with Crippen molar-refractivity contribution < 1.29 is 156 Å². The Hall–Kier alpha value is -1.27. The van der Waals surface area contributed by atoms with Crippen molar-refractivity contribution in [2.75, 3.05) is 0 Å². The Morgan fingerprint density at radius 2 is 0.741 bits per heavy atom. The maximum Gasteiger partial charge on any atom is 3.00 e. The second-order valence-corrected chi connectivity index (χ2v) is 3.23. The van der Waals surface area contributed by atoms with Crippen LogP contribution in [0.25, 0.3) is 0 Å². The molecule has 0 bridgehead atoms. The van der Waals surface area contributed by atoms with Gasteiger partial charge in [0, 0.05) is 0 Å². The molecule has 0 aliphatic rings. The van der Waals surface area contributed by atoms with Gasteiger partial charge in [0.15, 0.2) is 5.60 Å². The van der Waals surface area contributed by atoms with Gasteiger partial charge in [-0.1, -0.05) is 0 Å². The Kier molecular flexibility index (Phi) is 34.1. The molecule has 0 saturated heterocycles. The molecule has 0 amide bonds. The molecular formula is C9H8Dy2O16. The topological polar surface area (TPSA) is 322 Å². The van der Waals surface area contributed by atoms with E-state index in [2.05, 4.69) is 0 Å². The molecule has 0 atom stereocenters. The van der Waals surface area contributed by atoms with Crippen molar-refractivity contribution in [3.8, 4) is 0 Å². The van der Waals surface area contributed by atoms with E-state index >= 15 is 0 Å². The molecule has 0 saturated carbocycles. The van der Waals surface area contributed by atoms with E-state index < -0.39 is 54.8 Å². The smallest absolute Gasteiger partial charge is 0.652 e. The van der Waals surface area contributed by atoms with Gasteiger partial charge in [-0.25, -0.2) is 4.79 Å². The van der Waals surface area contributed by atoms with Gasteiger partial charge in [-0.15, -0.1) is 0 Å². The zero-order valence-electron chi connectivity index (χ0n) is 12.2. The predicted molar refractivity (Wildman–Crippen MR) is 53.3 cm³/mol. The molecule has 2 radical (unpaired) electrons. The zero-order chi connectivity index (χ0) is 21.4. The van der Waals surface area contributed by atoms with Crippen molar-refractivity contribution in [3.05, 3.63) is 0 Å². The molecule has 0 fully saturated rings. The molecule has 16 nitrogen and oxygen atoms in total. The Balaban J connectivity index is -0.0000000655. The number of carbonyl (C=O) groups is 6. The molecule has 160 valence electrons. The van der Waals surface area contributed by atoms with Crippen molar-refractivity contribution in [2.24, 2.45) is 0 Å². The van der Waals surface area contributed by atoms with E-state index in [1.807, 2.05) is 0 Å². The molecule has 0 aliphatic heterocycles. The van der Waals surface area contributed by atoms with Gasteiger partial charge in [-0.05, 0) is 18.5 Å². The number of carboxylic acid groups (broad SMARTS) is 9. The molecule has 0 aliphatic carbocycles. The number of hydrogen-bond acceptors (Lipinski definition) is 13. The van der Waals surface area contributed by atoms with Crippen LogP contribution in [-0.4, -0.2) is 62.4 Å². The van der Waals surface area contributed by atoms with Crippen LogP contribution in [0.5, 0.6) is 0 Å². The summed E-state index contributed by atoms with van der Waals surface area (Å²) in [4.78, 5) is 55.5. The predicted octanol–water partition coefficient (Wildman–Crippen LogP) is -8.59. The second-order valence-electron chi connectivity index (χ2n) is 3.23. The van der Waals surface area contributed by atoms with Crippen LogP contribution in [0, 0.1) is 76.3 Å². The molecule has 4 N–H and O–H groups in total.